The zero-order valence-corrected chi connectivity index (χ0v) is 22.7. The molecule has 6 heterocycles. The predicted octanol–water partition coefficient (Wildman–Crippen LogP) is 3.05. The molecule has 0 bridgehead atoms. The summed E-state index contributed by atoms with van der Waals surface area (Å²) in [6.45, 7) is 5.88. The van der Waals surface area contributed by atoms with Crippen molar-refractivity contribution in [1.82, 2.24) is 24.8 Å². The second-order valence-electron chi connectivity index (χ2n) is 10.5. The van der Waals surface area contributed by atoms with Crippen LogP contribution in [0, 0.1) is 4.91 Å². The van der Waals surface area contributed by atoms with Crippen molar-refractivity contribution >= 4 is 34.5 Å². The Hall–Kier alpha value is -4.19. The molecule has 208 valence electrons. The van der Waals surface area contributed by atoms with Gasteiger partial charge in [-0.05, 0) is 44.0 Å². The van der Waals surface area contributed by atoms with Gasteiger partial charge in [0.05, 0.1) is 36.7 Å². The molecule has 3 aromatic heterocycles. The zero-order valence-electron chi connectivity index (χ0n) is 22.7. The van der Waals surface area contributed by atoms with Crippen LogP contribution in [0.2, 0.25) is 0 Å². The largest absolute Gasteiger partial charge is 0.378 e. The van der Waals surface area contributed by atoms with Crippen LogP contribution >= 0.6 is 0 Å². The summed E-state index contributed by atoms with van der Waals surface area (Å²) in [5.74, 6) is 0.639. The molecule has 3 aliphatic rings. The van der Waals surface area contributed by atoms with Crippen LogP contribution in [0.15, 0.2) is 41.8 Å². The van der Waals surface area contributed by atoms with E-state index in [1.54, 1.807) is 16.8 Å². The van der Waals surface area contributed by atoms with E-state index < -0.39 is 6.04 Å². The predicted molar refractivity (Wildman–Crippen MR) is 150 cm³/mol. The van der Waals surface area contributed by atoms with Crippen LogP contribution in [0.5, 0.6) is 0 Å². The Kier molecular flexibility index (Phi) is 7.01. The third-order valence-corrected chi connectivity index (χ3v) is 7.98. The highest BCUT2D eigenvalue weighted by atomic mass is 16.5. The molecular formula is C28H32N8O4. The number of piperidine rings is 1. The van der Waals surface area contributed by atoms with E-state index in [1.807, 2.05) is 41.6 Å². The van der Waals surface area contributed by atoms with E-state index in [9.17, 15) is 14.5 Å². The molecular weight excluding hydrogens is 512 g/mol. The lowest BCUT2D eigenvalue weighted by Gasteiger charge is -2.43. The molecule has 0 N–H and O–H groups in total. The first-order valence-electron chi connectivity index (χ1n) is 13.7. The molecule has 12 nitrogen and oxygen atoms in total. The fourth-order valence-electron chi connectivity index (χ4n) is 5.75. The van der Waals surface area contributed by atoms with Gasteiger partial charge in [0.25, 0.3) is 5.91 Å². The Morgan fingerprint density at radius 3 is 2.52 bits per heavy atom. The number of ether oxygens (including phenoxy) is 1. The van der Waals surface area contributed by atoms with E-state index >= 15 is 0 Å². The van der Waals surface area contributed by atoms with Gasteiger partial charge in [0.15, 0.2) is 6.04 Å². The smallest absolute Gasteiger partial charge is 0.324 e. The van der Waals surface area contributed by atoms with Gasteiger partial charge in [-0.25, -0.2) is 14.8 Å². The molecule has 0 unspecified atom stereocenters. The maximum atomic E-state index is 13.6. The lowest BCUT2D eigenvalue weighted by atomic mass is 9.99. The van der Waals surface area contributed by atoms with Gasteiger partial charge in [0, 0.05) is 62.8 Å². The Morgan fingerprint density at radius 2 is 1.82 bits per heavy atom. The number of anilines is 2. The second-order valence-corrected chi connectivity index (χ2v) is 10.5. The number of hydrogen-bond acceptors (Lipinski definition) is 9. The molecule has 2 fully saturated rings. The van der Waals surface area contributed by atoms with E-state index in [1.165, 1.54) is 6.92 Å². The van der Waals surface area contributed by atoms with E-state index in [0.717, 1.165) is 41.4 Å². The summed E-state index contributed by atoms with van der Waals surface area (Å²) in [6.07, 6.45) is 4.84. The summed E-state index contributed by atoms with van der Waals surface area (Å²) in [5.41, 5.74) is 4.72. The quantitative estimate of drug-likeness (QED) is 0.449. The summed E-state index contributed by atoms with van der Waals surface area (Å²) in [6, 6.07) is 6.76. The number of fused-ring (bicyclic) bond motifs is 3. The molecule has 12 heteroatoms. The Morgan fingerprint density at radius 1 is 1.05 bits per heavy atom. The van der Waals surface area contributed by atoms with Gasteiger partial charge in [-0.2, -0.15) is 0 Å². The number of urea groups is 1. The molecule has 0 aliphatic carbocycles. The van der Waals surface area contributed by atoms with E-state index in [2.05, 4.69) is 20.0 Å². The lowest BCUT2D eigenvalue weighted by molar-refractivity contribution is -0.133. The number of hydrogen-bond donors (Lipinski definition) is 0. The first-order chi connectivity index (χ1) is 19.4. The number of nitrogens with zero attached hydrogens (tertiary/aromatic N) is 8. The van der Waals surface area contributed by atoms with Gasteiger partial charge in [-0.1, -0.05) is 5.18 Å². The number of likely N-dealkylation sites (tertiary alicyclic amines) is 1. The van der Waals surface area contributed by atoms with Crippen LogP contribution in [-0.4, -0.2) is 95.2 Å². The molecule has 3 amide bonds. The average molecular weight is 545 g/mol. The van der Waals surface area contributed by atoms with Gasteiger partial charge in [-0.15, -0.1) is 4.91 Å². The highest BCUT2D eigenvalue weighted by molar-refractivity contribution is 6.04. The number of morpholine rings is 1. The third-order valence-electron chi connectivity index (χ3n) is 7.98. The number of amides is 3. The number of carbonyl (C=O) groups is 2. The molecule has 3 aromatic rings. The number of pyridine rings is 3. The molecule has 0 saturated carbocycles. The molecule has 6 rings (SSSR count). The van der Waals surface area contributed by atoms with Crippen LogP contribution in [0.25, 0.3) is 22.3 Å². The molecule has 2 saturated heterocycles. The first kappa shape index (κ1) is 26.1. The minimum atomic E-state index is -0.907. The van der Waals surface area contributed by atoms with Crippen LogP contribution in [0.3, 0.4) is 0 Å². The minimum Gasteiger partial charge on any atom is -0.378 e. The average Bonchev–Trinajstić information content (AvgIpc) is 3.01. The number of rotatable bonds is 5. The van der Waals surface area contributed by atoms with Crippen molar-refractivity contribution in [2.45, 2.75) is 38.4 Å². The SMILES string of the molecule is C[C@H](N=O)C(=O)N1CCC(N2C(=O)N(C)Cc3cnc4ccc(-c5ccc(N6CCOCC6)nc5)nc4c32)CC1. The molecule has 0 spiro atoms. The van der Waals surface area contributed by atoms with Crippen molar-refractivity contribution in [3.05, 3.63) is 47.1 Å². The normalized spacial score (nSPS) is 19.1. The molecule has 0 aromatic carbocycles. The summed E-state index contributed by atoms with van der Waals surface area (Å²) in [5, 5.41) is 2.88. The van der Waals surface area contributed by atoms with Crippen LogP contribution in [0.4, 0.5) is 16.3 Å². The monoisotopic (exact) mass is 544 g/mol. The van der Waals surface area contributed by atoms with Crippen molar-refractivity contribution in [3.8, 4) is 11.3 Å². The van der Waals surface area contributed by atoms with Crippen molar-refractivity contribution in [2.75, 3.05) is 56.2 Å². The molecule has 1 atom stereocenters. The second kappa shape index (κ2) is 10.8. The molecule has 3 aliphatic heterocycles. The summed E-state index contributed by atoms with van der Waals surface area (Å²) < 4.78 is 5.45. The van der Waals surface area contributed by atoms with Crippen molar-refractivity contribution in [3.63, 3.8) is 0 Å². The number of aromatic nitrogens is 3. The van der Waals surface area contributed by atoms with Gasteiger partial charge in [0.1, 0.15) is 11.3 Å². The molecule has 40 heavy (non-hydrogen) atoms. The van der Waals surface area contributed by atoms with Gasteiger partial charge in [-0.3, -0.25) is 14.7 Å². The van der Waals surface area contributed by atoms with Gasteiger partial charge in [0.2, 0.25) is 0 Å². The summed E-state index contributed by atoms with van der Waals surface area (Å²) >= 11 is 0. The first-order valence-corrected chi connectivity index (χ1v) is 13.7. The van der Waals surface area contributed by atoms with Crippen LogP contribution in [-0.2, 0) is 16.1 Å². The summed E-state index contributed by atoms with van der Waals surface area (Å²) in [7, 11) is 1.78. The highest BCUT2D eigenvalue weighted by Gasteiger charge is 2.38. The van der Waals surface area contributed by atoms with E-state index in [4.69, 9.17) is 9.72 Å². The van der Waals surface area contributed by atoms with Crippen molar-refractivity contribution in [2.24, 2.45) is 5.18 Å². The van der Waals surface area contributed by atoms with Crippen molar-refractivity contribution < 1.29 is 14.3 Å². The topological polar surface area (TPSA) is 124 Å². The Bertz CT molecular complexity index is 1430. The number of carbonyl (C=O) groups excluding carboxylic acids is 2. The van der Waals surface area contributed by atoms with Crippen LogP contribution < -0.4 is 9.80 Å². The number of nitroso groups, excluding NO2 is 1. The van der Waals surface area contributed by atoms with Gasteiger partial charge >= 0.3 is 6.03 Å². The van der Waals surface area contributed by atoms with Crippen molar-refractivity contribution in [1.29, 1.82) is 0 Å². The fourth-order valence-corrected chi connectivity index (χ4v) is 5.75. The highest BCUT2D eigenvalue weighted by Crippen LogP contribution is 2.38. The minimum absolute atomic E-state index is 0.101. The van der Waals surface area contributed by atoms with Gasteiger partial charge < -0.3 is 19.4 Å². The Balaban J connectivity index is 1.32. The van der Waals surface area contributed by atoms with Crippen LogP contribution in [0.1, 0.15) is 25.3 Å². The molecule has 0 radical (unpaired) electrons. The standard InChI is InChI=1S/C28H32N8O4/c1-18(32-39)27(37)35-9-7-21(8-10-35)36-26-20(17-33(2)28(36)38)16-29-23-5-4-22(31-25(23)26)19-3-6-24(30-15-19)34-11-13-40-14-12-34/h3-6,15-16,18,21H,7-14,17H2,1-2H3/t18-/m0/s1. The zero-order chi connectivity index (χ0) is 27.8. The summed E-state index contributed by atoms with van der Waals surface area (Å²) in [4.78, 5) is 58.7. The Labute approximate surface area is 231 Å². The fraction of sp³-hybridized carbons (Fsp3) is 0.464. The lowest BCUT2D eigenvalue weighted by Crippen LogP contribution is -2.55. The van der Waals surface area contributed by atoms with E-state index in [0.29, 0.717) is 56.7 Å². The van der Waals surface area contributed by atoms with E-state index in [-0.39, 0.29) is 18.0 Å². The third kappa shape index (κ3) is 4.72. The maximum Gasteiger partial charge on any atom is 0.324 e. The maximum absolute atomic E-state index is 13.6.